The number of para-hydroxylation sites is 1. The van der Waals surface area contributed by atoms with Crippen molar-refractivity contribution in [1.29, 1.82) is 0 Å². The van der Waals surface area contributed by atoms with Crippen LogP contribution in [0.3, 0.4) is 0 Å². The Kier molecular flexibility index (Phi) is 5.30. The van der Waals surface area contributed by atoms with Gasteiger partial charge in [-0.25, -0.2) is 0 Å². The molecule has 0 unspecified atom stereocenters. The lowest BCUT2D eigenvalue weighted by molar-refractivity contribution is -0.135. The molecule has 3 aromatic rings. The second-order valence-electron chi connectivity index (χ2n) is 6.80. The first-order valence-corrected chi connectivity index (χ1v) is 9.47. The van der Waals surface area contributed by atoms with Crippen LogP contribution in [0.4, 0.5) is 0 Å². The fourth-order valence-corrected chi connectivity index (χ4v) is 3.48. The quantitative estimate of drug-likeness (QED) is 0.636. The molecule has 1 amide bonds. The van der Waals surface area contributed by atoms with E-state index in [0.717, 1.165) is 16.9 Å². The molecule has 0 spiro atoms. The van der Waals surface area contributed by atoms with Crippen molar-refractivity contribution in [1.82, 2.24) is 15.0 Å². The van der Waals surface area contributed by atoms with Gasteiger partial charge in [-0.3, -0.25) is 4.79 Å². The van der Waals surface area contributed by atoms with Gasteiger partial charge < -0.3 is 14.2 Å². The highest BCUT2D eigenvalue weighted by atomic mass is 35.5. The van der Waals surface area contributed by atoms with E-state index < -0.39 is 0 Å². The number of carbonyl (C=O) groups is 1. The number of nitrogens with zero attached hydrogens (tertiary/aromatic N) is 3. The van der Waals surface area contributed by atoms with Crippen LogP contribution in [0.2, 0.25) is 5.02 Å². The minimum atomic E-state index is 0.0538. The highest BCUT2D eigenvalue weighted by Crippen LogP contribution is 2.28. The number of hydrogen-bond donors (Lipinski definition) is 0. The van der Waals surface area contributed by atoms with Gasteiger partial charge in [-0.2, -0.15) is 4.98 Å². The lowest BCUT2D eigenvalue weighted by Crippen LogP contribution is -2.49. The Labute approximate surface area is 168 Å². The summed E-state index contributed by atoms with van der Waals surface area (Å²) in [6, 6.07) is 15.2. The van der Waals surface area contributed by atoms with Crippen LogP contribution in [0.1, 0.15) is 28.8 Å². The maximum atomic E-state index is 12.4. The number of methoxy groups -OCH3 is 1. The molecule has 1 saturated heterocycles. The zero-order valence-corrected chi connectivity index (χ0v) is 16.2. The average molecular weight is 398 g/mol. The van der Waals surface area contributed by atoms with Crippen LogP contribution in [-0.4, -0.2) is 41.1 Å². The molecule has 28 heavy (non-hydrogen) atoms. The summed E-state index contributed by atoms with van der Waals surface area (Å²) in [5.74, 6) is 2.12. The Morgan fingerprint density at radius 3 is 2.64 bits per heavy atom. The van der Waals surface area contributed by atoms with Crippen molar-refractivity contribution >= 4 is 17.5 Å². The monoisotopic (exact) mass is 397 g/mol. The molecular weight excluding hydrogens is 378 g/mol. The Morgan fingerprint density at radius 2 is 1.89 bits per heavy atom. The van der Waals surface area contributed by atoms with Gasteiger partial charge in [-0.05, 0) is 17.7 Å². The predicted molar refractivity (Wildman–Crippen MR) is 105 cm³/mol. The van der Waals surface area contributed by atoms with Gasteiger partial charge in [-0.15, -0.1) is 0 Å². The van der Waals surface area contributed by atoms with Crippen molar-refractivity contribution in [2.24, 2.45) is 0 Å². The third-order valence-corrected chi connectivity index (χ3v) is 5.28. The summed E-state index contributed by atoms with van der Waals surface area (Å²) in [7, 11) is 1.64. The van der Waals surface area contributed by atoms with Gasteiger partial charge >= 0.3 is 0 Å². The summed E-state index contributed by atoms with van der Waals surface area (Å²) < 4.78 is 10.8. The molecule has 1 aliphatic rings. The zero-order valence-electron chi connectivity index (χ0n) is 15.5. The summed E-state index contributed by atoms with van der Waals surface area (Å²) in [6.45, 7) is 1.17. The van der Waals surface area contributed by atoms with Gasteiger partial charge in [0.25, 0.3) is 0 Å². The number of rotatable bonds is 6. The summed E-state index contributed by atoms with van der Waals surface area (Å²) in [4.78, 5) is 18.7. The van der Waals surface area contributed by atoms with Gasteiger partial charge in [0.1, 0.15) is 5.75 Å². The maximum Gasteiger partial charge on any atom is 0.233 e. The molecule has 0 radical (unpaired) electrons. The largest absolute Gasteiger partial charge is 0.496 e. The summed E-state index contributed by atoms with van der Waals surface area (Å²) in [5.41, 5.74) is 1.84. The first-order valence-electron chi connectivity index (χ1n) is 9.09. The first kappa shape index (κ1) is 18.5. The molecule has 2 heterocycles. The Morgan fingerprint density at radius 1 is 1.18 bits per heavy atom. The van der Waals surface area contributed by atoms with Crippen LogP contribution in [0.5, 0.6) is 5.75 Å². The molecule has 6 nitrogen and oxygen atoms in total. The van der Waals surface area contributed by atoms with E-state index in [1.807, 2.05) is 42.5 Å². The van der Waals surface area contributed by atoms with E-state index >= 15 is 0 Å². The molecular formula is C21H20ClN3O3. The molecule has 0 atom stereocenters. The van der Waals surface area contributed by atoms with Crippen LogP contribution in [0, 0.1) is 0 Å². The normalized spacial score (nSPS) is 14.0. The third kappa shape index (κ3) is 3.87. The van der Waals surface area contributed by atoms with Crippen molar-refractivity contribution in [3.63, 3.8) is 0 Å². The molecule has 7 heteroatoms. The number of halogens is 1. The number of ether oxygens (including phenoxy) is 1. The lowest BCUT2D eigenvalue weighted by atomic mass is 9.98. The minimum Gasteiger partial charge on any atom is -0.496 e. The van der Waals surface area contributed by atoms with Crippen LogP contribution >= 0.6 is 11.6 Å². The van der Waals surface area contributed by atoms with Crippen LogP contribution in [-0.2, 0) is 17.6 Å². The highest BCUT2D eigenvalue weighted by molar-refractivity contribution is 6.31. The summed E-state index contributed by atoms with van der Waals surface area (Å²) >= 11 is 6.14. The number of carbonyl (C=O) groups excluding carboxylic acids is 1. The van der Waals surface area contributed by atoms with E-state index in [0.29, 0.717) is 42.7 Å². The van der Waals surface area contributed by atoms with Crippen LogP contribution < -0.4 is 4.74 Å². The van der Waals surface area contributed by atoms with Crippen molar-refractivity contribution in [2.75, 3.05) is 20.2 Å². The smallest absolute Gasteiger partial charge is 0.233 e. The maximum absolute atomic E-state index is 12.4. The number of likely N-dealkylation sites (tertiary alicyclic amines) is 1. The van der Waals surface area contributed by atoms with E-state index in [9.17, 15) is 4.79 Å². The van der Waals surface area contributed by atoms with E-state index in [4.69, 9.17) is 20.9 Å². The SMILES string of the molecule is COc1ccccc1Cc1noc(C2CN(C(=O)Cc3ccccc3Cl)C2)n1. The Balaban J connectivity index is 1.34. The molecule has 144 valence electrons. The minimum absolute atomic E-state index is 0.0538. The van der Waals surface area contributed by atoms with Crippen molar-refractivity contribution in [2.45, 2.75) is 18.8 Å². The molecule has 1 aliphatic heterocycles. The summed E-state index contributed by atoms with van der Waals surface area (Å²) in [5, 5.41) is 4.69. The van der Waals surface area contributed by atoms with Gasteiger partial charge in [0, 0.05) is 30.1 Å². The van der Waals surface area contributed by atoms with Gasteiger partial charge in [-0.1, -0.05) is 53.2 Å². The van der Waals surface area contributed by atoms with Gasteiger partial charge in [0.05, 0.1) is 19.4 Å². The Hall–Kier alpha value is -2.86. The van der Waals surface area contributed by atoms with Crippen molar-refractivity contribution < 1.29 is 14.1 Å². The van der Waals surface area contributed by atoms with Gasteiger partial charge in [0.15, 0.2) is 5.82 Å². The third-order valence-electron chi connectivity index (χ3n) is 4.91. The molecule has 0 N–H and O–H groups in total. The van der Waals surface area contributed by atoms with E-state index in [-0.39, 0.29) is 11.8 Å². The van der Waals surface area contributed by atoms with Gasteiger partial charge in [0.2, 0.25) is 11.8 Å². The van der Waals surface area contributed by atoms with E-state index in [1.165, 1.54) is 0 Å². The number of aromatic nitrogens is 2. The molecule has 0 aliphatic carbocycles. The second kappa shape index (κ2) is 8.02. The van der Waals surface area contributed by atoms with E-state index in [1.54, 1.807) is 18.1 Å². The lowest BCUT2D eigenvalue weighted by Gasteiger charge is -2.37. The van der Waals surface area contributed by atoms with E-state index in [2.05, 4.69) is 10.1 Å². The first-order chi connectivity index (χ1) is 13.6. The Bertz CT molecular complexity index is 982. The number of amides is 1. The van der Waals surface area contributed by atoms with Crippen LogP contribution in [0.15, 0.2) is 53.1 Å². The fraction of sp³-hybridized carbons (Fsp3) is 0.286. The van der Waals surface area contributed by atoms with Crippen molar-refractivity contribution in [3.05, 3.63) is 76.4 Å². The average Bonchev–Trinajstić information content (AvgIpc) is 3.11. The molecule has 2 aromatic carbocycles. The highest BCUT2D eigenvalue weighted by Gasteiger charge is 2.35. The molecule has 0 saturated carbocycles. The fourth-order valence-electron chi connectivity index (χ4n) is 3.28. The molecule has 0 bridgehead atoms. The molecule has 1 fully saturated rings. The number of benzene rings is 2. The second-order valence-corrected chi connectivity index (χ2v) is 7.21. The van der Waals surface area contributed by atoms with Crippen LogP contribution in [0.25, 0.3) is 0 Å². The molecule has 1 aromatic heterocycles. The number of hydrogen-bond acceptors (Lipinski definition) is 5. The standard InChI is InChI=1S/C21H20ClN3O3/c1-27-18-9-5-3-7-15(18)10-19-23-21(28-24-19)16-12-25(13-16)20(26)11-14-6-2-4-8-17(14)22/h2-9,16H,10-13H2,1H3. The predicted octanol–water partition coefficient (Wildman–Crippen LogP) is 3.49. The molecule has 4 rings (SSSR count). The topological polar surface area (TPSA) is 68.5 Å². The van der Waals surface area contributed by atoms with Crippen molar-refractivity contribution in [3.8, 4) is 5.75 Å². The summed E-state index contributed by atoms with van der Waals surface area (Å²) in [6.07, 6.45) is 0.838. The zero-order chi connectivity index (χ0) is 19.5.